The molecule has 2 unspecified atom stereocenters. The fourth-order valence-electron chi connectivity index (χ4n) is 4.74. The first-order chi connectivity index (χ1) is 16.0. The number of pyridine rings is 1. The Balaban J connectivity index is 1.24. The van der Waals surface area contributed by atoms with Crippen molar-refractivity contribution in [1.82, 2.24) is 10.3 Å². The summed E-state index contributed by atoms with van der Waals surface area (Å²) in [6.07, 6.45) is 7.77. The number of benzene rings is 1. The number of carbonyl (C=O) groups excluding carboxylic acids is 1. The molecule has 1 saturated carbocycles. The van der Waals surface area contributed by atoms with Crippen molar-refractivity contribution in [2.24, 2.45) is 17.8 Å². The summed E-state index contributed by atoms with van der Waals surface area (Å²) in [4.78, 5) is 18.4. The molecule has 2 aromatic rings. The average Bonchev–Trinajstić information content (AvgIpc) is 3.26. The monoisotopic (exact) mass is 469 g/mol. The van der Waals surface area contributed by atoms with Crippen LogP contribution in [0.1, 0.15) is 25.8 Å². The van der Waals surface area contributed by atoms with E-state index in [1.807, 2.05) is 44.2 Å². The molecule has 1 aliphatic carbocycles. The standard InChI is InChI=1S/C25H32N3O4P/c1-3-31-33(30,32-4-2)21-9-5-8-20(15-21)28-17-23-22(24(23)18-28)12-14-27-25(29)11-10-19-7-6-13-26-16-19/h5-11,13,15-16,22-24H,3-4,12,14,17-18H2,1-2H3,(H,27,29)/b11-10+. The summed E-state index contributed by atoms with van der Waals surface area (Å²) < 4.78 is 24.1. The summed E-state index contributed by atoms with van der Waals surface area (Å²) in [6, 6.07) is 11.5. The van der Waals surface area contributed by atoms with Gasteiger partial charge >= 0.3 is 7.60 Å². The molecule has 1 aliphatic heterocycles. The molecule has 1 saturated heterocycles. The van der Waals surface area contributed by atoms with Crippen LogP contribution in [0.5, 0.6) is 0 Å². The van der Waals surface area contributed by atoms with Gasteiger partial charge < -0.3 is 19.3 Å². The van der Waals surface area contributed by atoms with Gasteiger partial charge in [-0.1, -0.05) is 12.1 Å². The van der Waals surface area contributed by atoms with Gasteiger partial charge in [-0.2, -0.15) is 0 Å². The Kier molecular flexibility index (Phi) is 7.63. The highest BCUT2D eigenvalue weighted by atomic mass is 31.2. The van der Waals surface area contributed by atoms with Crippen molar-refractivity contribution in [3.8, 4) is 0 Å². The normalized spacial score (nSPS) is 21.9. The van der Waals surface area contributed by atoms with Gasteiger partial charge in [0.1, 0.15) is 0 Å². The van der Waals surface area contributed by atoms with Crippen molar-refractivity contribution in [3.63, 3.8) is 0 Å². The van der Waals surface area contributed by atoms with Gasteiger partial charge in [0.05, 0.1) is 18.5 Å². The van der Waals surface area contributed by atoms with E-state index in [9.17, 15) is 9.36 Å². The highest BCUT2D eigenvalue weighted by molar-refractivity contribution is 7.62. The largest absolute Gasteiger partial charge is 0.371 e. The first kappa shape index (κ1) is 23.7. The molecule has 2 aliphatic rings. The number of hydrogen-bond acceptors (Lipinski definition) is 6. The van der Waals surface area contributed by atoms with Gasteiger partial charge in [-0.25, -0.2) is 0 Å². The lowest BCUT2D eigenvalue weighted by atomic mass is 10.2. The summed E-state index contributed by atoms with van der Waals surface area (Å²) >= 11 is 0. The van der Waals surface area contributed by atoms with Crippen LogP contribution in [0.4, 0.5) is 5.69 Å². The number of piperidine rings is 1. The van der Waals surface area contributed by atoms with E-state index in [0.29, 0.717) is 42.8 Å². The second kappa shape index (κ2) is 10.6. The van der Waals surface area contributed by atoms with Crippen LogP contribution in [0.15, 0.2) is 54.9 Å². The zero-order chi connectivity index (χ0) is 23.3. The Morgan fingerprint density at radius 3 is 2.61 bits per heavy atom. The first-order valence-corrected chi connectivity index (χ1v) is 13.2. The zero-order valence-corrected chi connectivity index (χ0v) is 20.1. The maximum absolute atomic E-state index is 13.1. The van der Waals surface area contributed by atoms with E-state index >= 15 is 0 Å². The predicted molar refractivity (Wildman–Crippen MR) is 131 cm³/mol. The Labute approximate surface area is 195 Å². The fraction of sp³-hybridized carbons (Fsp3) is 0.440. The van der Waals surface area contributed by atoms with Gasteiger partial charge in [0.15, 0.2) is 0 Å². The molecule has 2 fully saturated rings. The molecular weight excluding hydrogens is 437 g/mol. The molecule has 1 aromatic heterocycles. The van der Waals surface area contributed by atoms with Crippen LogP contribution >= 0.6 is 7.60 Å². The first-order valence-electron chi connectivity index (χ1n) is 11.6. The van der Waals surface area contributed by atoms with Crippen molar-refractivity contribution in [3.05, 3.63) is 60.4 Å². The predicted octanol–water partition coefficient (Wildman–Crippen LogP) is 3.87. The smallest absolute Gasteiger partial charge is 0.361 e. The number of anilines is 1. The zero-order valence-electron chi connectivity index (χ0n) is 19.2. The second-order valence-electron chi connectivity index (χ2n) is 8.45. The van der Waals surface area contributed by atoms with Crippen LogP contribution in [0.3, 0.4) is 0 Å². The van der Waals surface area contributed by atoms with Gasteiger partial charge in [-0.15, -0.1) is 0 Å². The summed E-state index contributed by atoms with van der Waals surface area (Å²) in [5.74, 6) is 1.89. The van der Waals surface area contributed by atoms with Crippen molar-refractivity contribution in [2.45, 2.75) is 20.3 Å². The van der Waals surface area contributed by atoms with Crippen molar-refractivity contribution in [1.29, 1.82) is 0 Å². The summed E-state index contributed by atoms with van der Waals surface area (Å²) in [5.41, 5.74) is 1.97. The molecule has 0 spiro atoms. The minimum Gasteiger partial charge on any atom is -0.371 e. The maximum atomic E-state index is 13.1. The van der Waals surface area contributed by atoms with Crippen LogP contribution in [0, 0.1) is 17.8 Å². The fourth-order valence-corrected chi connectivity index (χ4v) is 6.35. The van der Waals surface area contributed by atoms with Crippen molar-refractivity contribution < 1.29 is 18.4 Å². The third-order valence-electron chi connectivity index (χ3n) is 6.37. The molecule has 1 N–H and O–H groups in total. The van der Waals surface area contributed by atoms with Crippen molar-refractivity contribution >= 4 is 30.6 Å². The molecule has 33 heavy (non-hydrogen) atoms. The molecule has 1 amide bonds. The van der Waals surface area contributed by atoms with Crippen LogP contribution in [-0.2, 0) is 18.4 Å². The van der Waals surface area contributed by atoms with Crippen LogP contribution < -0.4 is 15.5 Å². The number of fused-ring (bicyclic) bond motifs is 1. The van der Waals surface area contributed by atoms with Crippen molar-refractivity contribution in [2.75, 3.05) is 37.7 Å². The topological polar surface area (TPSA) is 80.8 Å². The van der Waals surface area contributed by atoms with E-state index in [1.54, 1.807) is 24.5 Å². The quantitative estimate of drug-likeness (QED) is 0.398. The van der Waals surface area contributed by atoms with Gasteiger partial charge in [0.2, 0.25) is 5.91 Å². The molecule has 0 radical (unpaired) electrons. The molecule has 2 atom stereocenters. The SMILES string of the molecule is CCOP(=O)(OCC)c1cccc(N2CC3C(CCNC(=O)/C=C/c4cccnc4)C3C2)c1. The van der Waals surface area contributed by atoms with Gasteiger partial charge in [0.25, 0.3) is 0 Å². The van der Waals surface area contributed by atoms with Crippen LogP contribution in [0.25, 0.3) is 6.08 Å². The Morgan fingerprint density at radius 1 is 1.18 bits per heavy atom. The Morgan fingerprint density at radius 2 is 1.94 bits per heavy atom. The maximum Gasteiger partial charge on any atom is 0.361 e. The van der Waals surface area contributed by atoms with E-state index in [0.717, 1.165) is 30.8 Å². The van der Waals surface area contributed by atoms with E-state index in [-0.39, 0.29) is 5.91 Å². The lowest BCUT2D eigenvalue weighted by Crippen LogP contribution is -2.27. The van der Waals surface area contributed by atoms with Crippen LogP contribution in [-0.4, -0.2) is 43.7 Å². The van der Waals surface area contributed by atoms with E-state index in [2.05, 4.69) is 21.3 Å². The second-order valence-corrected chi connectivity index (χ2v) is 10.5. The summed E-state index contributed by atoms with van der Waals surface area (Å²) in [6.45, 7) is 6.99. The van der Waals surface area contributed by atoms with E-state index < -0.39 is 7.60 Å². The average molecular weight is 470 g/mol. The molecule has 4 rings (SSSR count). The minimum atomic E-state index is -3.28. The highest BCUT2D eigenvalue weighted by Gasteiger charge is 2.54. The molecule has 2 heterocycles. The van der Waals surface area contributed by atoms with Gasteiger partial charge in [0, 0.05) is 43.8 Å². The number of aromatic nitrogens is 1. The Hall–Kier alpha value is -2.47. The third kappa shape index (κ3) is 5.72. The molecule has 1 aromatic carbocycles. The number of carbonyl (C=O) groups is 1. The number of hydrogen-bond donors (Lipinski definition) is 1. The lowest BCUT2D eigenvalue weighted by molar-refractivity contribution is -0.116. The molecule has 8 heteroatoms. The molecule has 176 valence electrons. The molecule has 7 nitrogen and oxygen atoms in total. The lowest BCUT2D eigenvalue weighted by Gasteiger charge is -2.24. The third-order valence-corrected chi connectivity index (χ3v) is 8.48. The Bertz CT molecular complexity index is 1010. The molecule has 0 bridgehead atoms. The minimum absolute atomic E-state index is 0.0730. The van der Waals surface area contributed by atoms with Crippen LogP contribution in [0.2, 0.25) is 0 Å². The summed E-state index contributed by atoms with van der Waals surface area (Å²) in [7, 11) is -3.28. The molecular formula is C25H32N3O4P. The number of amides is 1. The van der Waals surface area contributed by atoms with Gasteiger partial charge in [-0.05, 0) is 73.9 Å². The number of nitrogens with zero attached hydrogens (tertiary/aromatic N) is 2. The number of nitrogens with one attached hydrogen (secondary N) is 1. The number of rotatable bonds is 11. The van der Waals surface area contributed by atoms with Gasteiger partial charge in [-0.3, -0.25) is 14.3 Å². The van der Waals surface area contributed by atoms with E-state index in [1.165, 1.54) is 0 Å². The summed E-state index contributed by atoms with van der Waals surface area (Å²) in [5, 5.41) is 3.60. The van der Waals surface area contributed by atoms with E-state index in [4.69, 9.17) is 9.05 Å². The highest BCUT2D eigenvalue weighted by Crippen LogP contribution is 2.54.